The molecule has 0 atom stereocenters. The standard InChI is InChI=1S/C29H36N2O3/c1-3-5-7-8-10-20-33-25-18-14-24(15-19-25)27-21-31-28(22-30-27)29(32)34-26-16-12-23(13-17-26)11-9-6-4-2/h12-19,21-22H,3-11,20H2,1-2H3. The average Bonchev–Trinajstić information content (AvgIpc) is 2.88. The number of benzene rings is 2. The van der Waals surface area contributed by atoms with Crippen LogP contribution in [-0.4, -0.2) is 22.5 Å². The molecule has 180 valence electrons. The molecule has 1 heterocycles. The lowest BCUT2D eigenvalue weighted by molar-refractivity contribution is 0.0728. The number of hydrogen-bond acceptors (Lipinski definition) is 5. The number of aromatic nitrogens is 2. The SMILES string of the molecule is CCCCCCCOc1ccc(-c2cnc(C(=O)Oc3ccc(CCCCC)cc3)cn2)cc1. The maximum Gasteiger partial charge on any atom is 0.363 e. The summed E-state index contributed by atoms with van der Waals surface area (Å²) in [6.07, 6.45) is 13.8. The van der Waals surface area contributed by atoms with Crippen LogP contribution in [0.3, 0.4) is 0 Å². The fourth-order valence-electron chi connectivity index (χ4n) is 3.66. The van der Waals surface area contributed by atoms with Crippen LogP contribution in [0.5, 0.6) is 11.5 Å². The van der Waals surface area contributed by atoms with Crippen molar-refractivity contribution in [2.24, 2.45) is 0 Å². The summed E-state index contributed by atoms with van der Waals surface area (Å²) in [6.45, 7) is 5.15. The lowest BCUT2D eigenvalue weighted by Crippen LogP contribution is -2.11. The van der Waals surface area contributed by atoms with E-state index >= 15 is 0 Å². The minimum atomic E-state index is -0.513. The largest absolute Gasteiger partial charge is 0.494 e. The molecule has 0 saturated heterocycles. The van der Waals surface area contributed by atoms with E-state index in [-0.39, 0.29) is 5.69 Å². The van der Waals surface area contributed by atoms with E-state index in [9.17, 15) is 4.79 Å². The van der Waals surface area contributed by atoms with Gasteiger partial charge in [-0.2, -0.15) is 0 Å². The highest BCUT2D eigenvalue weighted by molar-refractivity contribution is 5.88. The quantitative estimate of drug-likeness (QED) is 0.142. The molecule has 0 aliphatic rings. The van der Waals surface area contributed by atoms with Gasteiger partial charge in [0, 0.05) is 5.56 Å². The minimum absolute atomic E-state index is 0.179. The summed E-state index contributed by atoms with van der Waals surface area (Å²) in [7, 11) is 0. The van der Waals surface area contributed by atoms with Crippen LogP contribution in [0.4, 0.5) is 0 Å². The Balaban J connectivity index is 1.48. The number of nitrogens with zero attached hydrogens (tertiary/aromatic N) is 2. The Hall–Kier alpha value is -3.21. The zero-order chi connectivity index (χ0) is 24.0. The van der Waals surface area contributed by atoms with Gasteiger partial charge >= 0.3 is 5.97 Å². The predicted octanol–water partition coefficient (Wildman–Crippen LogP) is 7.44. The molecule has 1 aromatic heterocycles. The monoisotopic (exact) mass is 460 g/mol. The fourth-order valence-corrected chi connectivity index (χ4v) is 3.66. The Morgan fingerprint density at radius 1 is 0.735 bits per heavy atom. The second-order valence-corrected chi connectivity index (χ2v) is 8.56. The van der Waals surface area contributed by atoms with Crippen LogP contribution < -0.4 is 9.47 Å². The summed E-state index contributed by atoms with van der Waals surface area (Å²) in [5.41, 5.74) is 3.04. The number of aryl methyl sites for hydroxylation is 1. The number of rotatable bonds is 14. The molecule has 3 aromatic rings. The third-order valence-electron chi connectivity index (χ3n) is 5.73. The van der Waals surface area contributed by atoms with E-state index in [0.29, 0.717) is 11.4 Å². The summed E-state index contributed by atoms with van der Waals surface area (Å²) in [6, 6.07) is 15.5. The first-order chi connectivity index (χ1) is 16.7. The topological polar surface area (TPSA) is 61.3 Å². The van der Waals surface area contributed by atoms with Gasteiger partial charge in [0.1, 0.15) is 11.5 Å². The van der Waals surface area contributed by atoms with Gasteiger partial charge in [-0.3, -0.25) is 4.98 Å². The Bertz CT molecular complexity index is 983. The van der Waals surface area contributed by atoms with Gasteiger partial charge in [0.2, 0.25) is 0 Å². The van der Waals surface area contributed by atoms with E-state index in [1.165, 1.54) is 56.7 Å². The lowest BCUT2D eigenvalue weighted by atomic mass is 10.1. The van der Waals surface area contributed by atoms with Crippen molar-refractivity contribution in [3.63, 3.8) is 0 Å². The van der Waals surface area contributed by atoms with Gasteiger partial charge in [-0.05, 0) is 61.2 Å². The Morgan fingerprint density at radius 3 is 2.09 bits per heavy atom. The van der Waals surface area contributed by atoms with E-state index in [1.807, 2.05) is 48.5 Å². The van der Waals surface area contributed by atoms with Gasteiger partial charge in [-0.1, -0.05) is 64.5 Å². The van der Waals surface area contributed by atoms with E-state index in [0.717, 1.165) is 30.8 Å². The molecule has 3 rings (SSSR count). The van der Waals surface area contributed by atoms with Crippen LogP contribution in [0, 0.1) is 0 Å². The Kier molecular flexibility index (Phi) is 10.6. The lowest BCUT2D eigenvalue weighted by Gasteiger charge is -2.08. The zero-order valence-electron chi connectivity index (χ0n) is 20.5. The third kappa shape index (κ3) is 8.29. The van der Waals surface area contributed by atoms with E-state index < -0.39 is 5.97 Å². The van der Waals surface area contributed by atoms with Crippen LogP contribution >= 0.6 is 0 Å². The molecule has 0 radical (unpaired) electrons. The molecule has 0 aliphatic heterocycles. The molecule has 0 saturated carbocycles. The number of esters is 1. The van der Waals surface area contributed by atoms with Crippen molar-refractivity contribution in [2.45, 2.75) is 71.6 Å². The van der Waals surface area contributed by atoms with E-state index in [1.54, 1.807) is 6.20 Å². The summed E-state index contributed by atoms with van der Waals surface area (Å²) in [5, 5.41) is 0. The number of carbonyl (C=O) groups is 1. The highest BCUT2D eigenvalue weighted by Gasteiger charge is 2.12. The van der Waals surface area contributed by atoms with Crippen molar-refractivity contribution in [1.29, 1.82) is 0 Å². The van der Waals surface area contributed by atoms with Gasteiger partial charge in [-0.25, -0.2) is 9.78 Å². The molecule has 0 fully saturated rings. The summed E-state index contributed by atoms with van der Waals surface area (Å²) in [5.74, 6) is 0.848. The summed E-state index contributed by atoms with van der Waals surface area (Å²) < 4.78 is 11.3. The number of hydrogen-bond donors (Lipinski definition) is 0. The molecule has 2 aromatic carbocycles. The fraction of sp³-hybridized carbons (Fsp3) is 0.414. The molecule has 0 aliphatic carbocycles. The number of unbranched alkanes of at least 4 members (excludes halogenated alkanes) is 6. The first-order valence-electron chi connectivity index (χ1n) is 12.6. The molecule has 0 N–H and O–H groups in total. The molecule has 0 unspecified atom stereocenters. The smallest absolute Gasteiger partial charge is 0.363 e. The Morgan fingerprint density at radius 2 is 1.41 bits per heavy atom. The molecule has 5 heteroatoms. The van der Waals surface area contributed by atoms with Gasteiger partial charge < -0.3 is 9.47 Å². The van der Waals surface area contributed by atoms with Gasteiger partial charge in [-0.15, -0.1) is 0 Å². The zero-order valence-corrected chi connectivity index (χ0v) is 20.5. The van der Waals surface area contributed by atoms with Gasteiger partial charge in [0.25, 0.3) is 0 Å². The van der Waals surface area contributed by atoms with Crippen molar-refractivity contribution in [3.05, 3.63) is 72.2 Å². The van der Waals surface area contributed by atoms with Crippen molar-refractivity contribution in [2.75, 3.05) is 6.61 Å². The van der Waals surface area contributed by atoms with Crippen LogP contribution in [-0.2, 0) is 6.42 Å². The summed E-state index contributed by atoms with van der Waals surface area (Å²) in [4.78, 5) is 21.1. The first-order valence-corrected chi connectivity index (χ1v) is 12.6. The number of carbonyl (C=O) groups excluding carboxylic acids is 1. The second-order valence-electron chi connectivity index (χ2n) is 8.56. The van der Waals surface area contributed by atoms with Gasteiger partial charge in [0.05, 0.1) is 24.7 Å². The normalized spacial score (nSPS) is 10.8. The molecule has 0 spiro atoms. The van der Waals surface area contributed by atoms with Crippen LogP contribution in [0.2, 0.25) is 0 Å². The second kappa shape index (κ2) is 14.1. The number of ether oxygens (including phenoxy) is 2. The van der Waals surface area contributed by atoms with E-state index in [2.05, 4.69) is 23.8 Å². The molecule has 0 amide bonds. The maximum atomic E-state index is 12.4. The third-order valence-corrected chi connectivity index (χ3v) is 5.73. The molecule has 34 heavy (non-hydrogen) atoms. The molecular weight excluding hydrogens is 424 g/mol. The van der Waals surface area contributed by atoms with Crippen molar-refractivity contribution >= 4 is 5.97 Å². The average molecular weight is 461 g/mol. The van der Waals surface area contributed by atoms with Crippen molar-refractivity contribution in [3.8, 4) is 22.8 Å². The Labute approximate surface area is 203 Å². The van der Waals surface area contributed by atoms with Crippen LogP contribution in [0.25, 0.3) is 11.3 Å². The highest BCUT2D eigenvalue weighted by Crippen LogP contribution is 2.21. The van der Waals surface area contributed by atoms with Crippen molar-refractivity contribution in [1.82, 2.24) is 9.97 Å². The first kappa shape index (κ1) is 25.4. The maximum absolute atomic E-state index is 12.4. The van der Waals surface area contributed by atoms with E-state index in [4.69, 9.17) is 9.47 Å². The van der Waals surface area contributed by atoms with Gasteiger partial charge in [0.15, 0.2) is 5.69 Å². The molecular formula is C29H36N2O3. The predicted molar refractivity (Wildman–Crippen MR) is 136 cm³/mol. The van der Waals surface area contributed by atoms with Crippen molar-refractivity contribution < 1.29 is 14.3 Å². The minimum Gasteiger partial charge on any atom is -0.494 e. The highest BCUT2D eigenvalue weighted by atomic mass is 16.5. The van der Waals surface area contributed by atoms with Crippen LogP contribution in [0.1, 0.15) is 81.3 Å². The van der Waals surface area contributed by atoms with Crippen LogP contribution in [0.15, 0.2) is 60.9 Å². The summed E-state index contributed by atoms with van der Waals surface area (Å²) >= 11 is 0. The molecule has 0 bridgehead atoms. The molecule has 5 nitrogen and oxygen atoms in total.